The number of nitrogens with zero attached hydrogens (tertiary/aromatic N) is 3. The number of amides is 2. The van der Waals surface area contributed by atoms with Gasteiger partial charge in [0.1, 0.15) is 6.10 Å². The number of hydrogen-bond donors (Lipinski definition) is 2. The Balaban J connectivity index is 0.792. The lowest BCUT2D eigenvalue weighted by molar-refractivity contribution is -0.121. The molecule has 2 unspecified atom stereocenters. The first-order chi connectivity index (χ1) is 24.1. The molecule has 2 amide bonds. The summed E-state index contributed by atoms with van der Waals surface area (Å²) >= 11 is 0. The van der Waals surface area contributed by atoms with Crippen LogP contribution < -0.4 is 10.6 Å². The van der Waals surface area contributed by atoms with Crippen LogP contribution in [0.3, 0.4) is 0 Å². The van der Waals surface area contributed by atoms with Crippen molar-refractivity contribution in [2.75, 3.05) is 38.0 Å². The van der Waals surface area contributed by atoms with Crippen molar-refractivity contribution in [3.63, 3.8) is 0 Å². The maximum absolute atomic E-state index is 12.8. The molecule has 4 aromatic rings. The predicted molar refractivity (Wildman–Crippen MR) is 194 cm³/mol. The number of para-hydroxylation sites is 1. The van der Waals surface area contributed by atoms with Crippen molar-refractivity contribution in [1.82, 2.24) is 20.0 Å². The number of fused-ring (bicyclic) bond motifs is 2. The highest BCUT2D eigenvalue weighted by molar-refractivity contribution is 5.91. The number of likely N-dealkylation sites (tertiary alicyclic amines) is 3. The number of carbonyl (C=O) groups is 2. The summed E-state index contributed by atoms with van der Waals surface area (Å²) in [5, 5.41) is 6.07. The molecule has 2 N–H and O–H groups in total. The lowest BCUT2D eigenvalue weighted by Crippen LogP contribution is -2.45. The summed E-state index contributed by atoms with van der Waals surface area (Å²) in [6.45, 7) is 7.12. The molecule has 2 bridgehead atoms. The number of piperazine rings is 1. The standard InChI is InChI=1S/C41H47N5O3/c47-40(20-23-44-21-18-37(19-22-44)49-41(48)43-39-17-8-7-16-38(39)34-14-5-2-6-15-34)42-26-32-12-9-13-33(24-32)28-46-30-35-25-36(46)29-45(35)27-31-10-3-1-4-11-31/h1-17,24,35-37H,18-23,25-30H2,(H,42,47)(H,43,48). The van der Waals surface area contributed by atoms with Gasteiger partial charge in [-0.05, 0) is 47.6 Å². The van der Waals surface area contributed by atoms with E-state index in [4.69, 9.17) is 4.74 Å². The lowest BCUT2D eigenvalue weighted by Gasteiger charge is -2.34. The maximum atomic E-state index is 12.8. The molecule has 2 atom stereocenters. The minimum absolute atomic E-state index is 0.0654. The van der Waals surface area contributed by atoms with Crippen LogP contribution in [0.25, 0.3) is 11.1 Å². The number of piperidine rings is 1. The van der Waals surface area contributed by atoms with Gasteiger partial charge < -0.3 is 15.0 Å². The predicted octanol–water partition coefficient (Wildman–Crippen LogP) is 6.53. The van der Waals surface area contributed by atoms with Gasteiger partial charge in [0.15, 0.2) is 0 Å². The molecule has 0 radical (unpaired) electrons. The Morgan fingerprint density at radius 1 is 0.714 bits per heavy atom. The molecule has 3 aliphatic heterocycles. The SMILES string of the molecule is O=C(CCN1CCC(OC(=O)Nc2ccccc2-c2ccccc2)CC1)NCc1cccc(CN2CC3CC2CN3Cc2ccccc2)c1. The quantitative estimate of drug-likeness (QED) is 0.181. The second-order valence-corrected chi connectivity index (χ2v) is 13.7. The fraction of sp³-hybridized carbons (Fsp3) is 0.366. The largest absolute Gasteiger partial charge is 0.446 e. The molecule has 3 fully saturated rings. The van der Waals surface area contributed by atoms with E-state index >= 15 is 0 Å². The minimum atomic E-state index is -0.427. The number of nitrogens with one attached hydrogen (secondary N) is 2. The monoisotopic (exact) mass is 657 g/mol. The highest BCUT2D eigenvalue weighted by atomic mass is 16.6. The second-order valence-electron chi connectivity index (χ2n) is 13.7. The van der Waals surface area contributed by atoms with Gasteiger partial charge in [-0.15, -0.1) is 0 Å². The molecule has 0 aromatic heterocycles. The number of benzene rings is 4. The van der Waals surface area contributed by atoms with E-state index in [1.165, 1.54) is 17.5 Å². The molecule has 3 saturated heterocycles. The Labute approximate surface area is 290 Å². The van der Waals surface area contributed by atoms with Crippen molar-refractivity contribution in [1.29, 1.82) is 0 Å². The molecule has 254 valence electrons. The average Bonchev–Trinajstić information content (AvgIpc) is 3.72. The van der Waals surface area contributed by atoms with Crippen LogP contribution in [0.1, 0.15) is 42.4 Å². The molecule has 4 aromatic carbocycles. The van der Waals surface area contributed by atoms with Crippen LogP contribution in [0.15, 0.2) is 109 Å². The molecule has 0 saturated carbocycles. The average molecular weight is 658 g/mol. The number of carbonyl (C=O) groups excluding carboxylic acids is 2. The summed E-state index contributed by atoms with van der Waals surface area (Å²) in [4.78, 5) is 33.1. The van der Waals surface area contributed by atoms with Crippen LogP contribution in [0.4, 0.5) is 10.5 Å². The molecule has 49 heavy (non-hydrogen) atoms. The molecule has 3 heterocycles. The molecular formula is C41H47N5O3. The van der Waals surface area contributed by atoms with Crippen LogP contribution >= 0.6 is 0 Å². The maximum Gasteiger partial charge on any atom is 0.411 e. The Bertz CT molecular complexity index is 1690. The minimum Gasteiger partial charge on any atom is -0.446 e. The van der Waals surface area contributed by atoms with Gasteiger partial charge in [-0.25, -0.2) is 4.79 Å². The van der Waals surface area contributed by atoms with Gasteiger partial charge in [-0.2, -0.15) is 0 Å². The number of ether oxygens (including phenoxy) is 1. The van der Waals surface area contributed by atoms with Crippen LogP contribution in [0, 0.1) is 0 Å². The molecule has 0 spiro atoms. The number of rotatable bonds is 12. The van der Waals surface area contributed by atoms with Gasteiger partial charge in [-0.1, -0.05) is 103 Å². The zero-order chi connectivity index (χ0) is 33.4. The summed E-state index contributed by atoms with van der Waals surface area (Å²) in [6.07, 6.45) is 2.66. The first-order valence-electron chi connectivity index (χ1n) is 17.8. The van der Waals surface area contributed by atoms with Gasteiger partial charge in [-0.3, -0.25) is 19.9 Å². The zero-order valence-electron chi connectivity index (χ0n) is 28.2. The summed E-state index contributed by atoms with van der Waals surface area (Å²) in [5.41, 5.74) is 6.59. The topological polar surface area (TPSA) is 77.1 Å². The van der Waals surface area contributed by atoms with E-state index in [9.17, 15) is 9.59 Å². The fourth-order valence-electron chi connectivity index (χ4n) is 7.66. The van der Waals surface area contributed by atoms with Crippen LogP contribution in [0.2, 0.25) is 0 Å². The second kappa shape index (κ2) is 15.8. The third kappa shape index (κ3) is 8.76. The van der Waals surface area contributed by atoms with E-state index in [1.807, 2.05) is 54.6 Å². The third-order valence-corrected chi connectivity index (χ3v) is 10.3. The van der Waals surface area contributed by atoms with Gasteiger partial charge in [0.2, 0.25) is 5.91 Å². The first kappa shape index (κ1) is 33.0. The molecular weight excluding hydrogens is 610 g/mol. The van der Waals surface area contributed by atoms with E-state index in [0.717, 1.165) is 74.5 Å². The van der Waals surface area contributed by atoms with Crippen molar-refractivity contribution in [3.8, 4) is 11.1 Å². The lowest BCUT2D eigenvalue weighted by atomic mass is 10.0. The van der Waals surface area contributed by atoms with E-state index in [-0.39, 0.29) is 12.0 Å². The molecule has 7 rings (SSSR count). The fourth-order valence-corrected chi connectivity index (χ4v) is 7.66. The molecule has 8 nitrogen and oxygen atoms in total. The molecule has 3 aliphatic rings. The van der Waals surface area contributed by atoms with E-state index < -0.39 is 6.09 Å². The Kier molecular flexibility index (Phi) is 10.7. The van der Waals surface area contributed by atoms with E-state index in [2.05, 4.69) is 79.9 Å². The van der Waals surface area contributed by atoms with E-state index in [1.54, 1.807) is 0 Å². The van der Waals surface area contributed by atoms with Gasteiger partial charge in [0, 0.05) is 76.4 Å². The summed E-state index contributed by atoms with van der Waals surface area (Å²) in [6, 6.07) is 38.5. The van der Waals surface area contributed by atoms with Crippen molar-refractivity contribution in [3.05, 3.63) is 126 Å². The van der Waals surface area contributed by atoms with Crippen molar-refractivity contribution < 1.29 is 14.3 Å². The summed E-state index contributed by atoms with van der Waals surface area (Å²) in [5.74, 6) is 0.0654. The van der Waals surface area contributed by atoms with Gasteiger partial charge >= 0.3 is 6.09 Å². The zero-order valence-corrected chi connectivity index (χ0v) is 28.2. The van der Waals surface area contributed by atoms with Crippen molar-refractivity contribution in [2.45, 2.75) is 63.5 Å². The smallest absolute Gasteiger partial charge is 0.411 e. The Morgan fingerprint density at radius 3 is 2.08 bits per heavy atom. The summed E-state index contributed by atoms with van der Waals surface area (Å²) in [7, 11) is 0. The Hall–Kier alpha value is -4.50. The first-order valence-corrected chi connectivity index (χ1v) is 17.8. The van der Waals surface area contributed by atoms with Crippen LogP contribution in [-0.2, 0) is 29.2 Å². The summed E-state index contributed by atoms with van der Waals surface area (Å²) < 4.78 is 5.78. The Morgan fingerprint density at radius 2 is 1.35 bits per heavy atom. The van der Waals surface area contributed by atoms with E-state index in [0.29, 0.717) is 31.6 Å². The van der Waals surface area contributed by atoms with Gasteiger partial charge in [0.25, 0.3) is 0 Å². The van der Waals surface area contributed by atoms with Gasteiger partial charge in [0.05, 0.1) is 5.69 Å². The van der Waals surface area contributed by atoms with Crippen molar-refractivity contribution in [2.24, 2.45) is 0 Å². The normalized spacial score (nSPS) is 19.9. The third-order valence-electron chi connectivity index (χ3n) is 10.3. The van der Waals surface area contributed by atoms with Crippen LogP contribution in [-0.4, -0.2) is 77.6 Å². The highest BCUT2D eigenvalue weighted by Gasteiger charge is 2.42. The molecule has 0 aliphatic carbocycles. The highest BCUT2D eigenvalue weighted by Crippen LogP contribution is 2.33. The molecule has 8 heteroatoms. The van der Waals surface area contributed by atoms with Crippen LogP contribution in [0.5, 0.6) is 0 Å². The number of hydrogen-bond acceptors (Lipinski definition) is 6. The number of anilines is 1. The van der Waals surface area contributed by atoms with Crippen molar-refractivity contribution >= 4 is 17.7 Å².